The van der Waals surface area contributed by atoms with Gasteiger partial charge in [-0.05, 0) is 36.0 Å². The van der Waals surface area contributed by atoms with Crippen LogP contribution < -0.4 is 5.32 Å². The zero-order chi connectivity index (χ0) is 19.0. The van der Waals surface area contributed by atoms with Crippen molar-refractivity contribution in [2.75, 3.05) is 0 Å². The van der Waals surface area contributed by atoms with Gasteiger partial charge >= 0.3 is 0 Å². The summed E-state index contributed by atoms with van der Waals surface area (Å²) in [6, 6.07) is 5.03. The molecule has 0 radical (unpaired) electrons. The lowest BCUT2D eigenvalue weighted by atomic mass is 10.2. The Balaban J connectivity index is 1.71. The molecule has 3 aromatic rings. The second-order valence-corrected chi connectivity index (χ2v) is 6.50. The van der Waals surface area contributed by atoms with Crippen LogP contribution in [-0.4, -0.2) is 16.1 Å². The maximum absolute atomic E-state index is 13.3. The van der Waals surface area contributed by atoms with Gasteiger partial charge in [0.2, 0.25) is 0 Å². The Labute approximate surface area is 155 Å². The summed E-state index contributed by atoms with van der Waals surface area (Å²) in [6.07, 6.45) is 4.50. The SMILES string of the molecule is O=C1NC(=O)C(=Cc2cc3cncc(C#Cc4ccc(F)c(F)c4)c3o2)S1. The highest BCUT2D eigenvalue weighted by atomic mass is 32.2. The van der Waals surface area contributed by atoms with Crippen molar-refractivity contribution in [3.63, 3.8) is 0 Å². The van der Waals surface area contributed by atoms with E-state index in [1.807, 2.05) is 0 Å². The van der Waals surface area contributed by atoms with Gasteiger partial charge in [-0.15, -0.1) is 0 Å². The van der Waals surface area contributed by atoms with E-state index < -0.39 is 22.8 Å². The van der Waals surface area contributed by atoms with Gasteiger partial charge in [-0.1, -0.05) is 11.8 Å². The summed E-state index contributed by atoms with van der Waals surface area (Å²) in [5, 5.41) is 2.37. The predicted octanol–water partition coefficient (Wildman–Crippen LogP) is 3.83. The number of nitrogens with one attached hydrogen (secondary N) is 1. The van der Waals surface area contributed by atoms with Gasteiger partial charge in [-0.3, -0.25) is 19.9 Å². The van der Waals surface area contributed by atoms with E-state index in [1.165, 1.54) is 18.3 Å². The fourth-order valence-corrected chi connectivity index (χ4v) is 3.07. The van der Waals surface area contributed by atoms with E-state index in [0.29, 0.717) is 27.9 Å². The van der Waals surface area contributed by atoms with E-state index in [0.717, 1.165) is 23.9 Å². The number of hydrogen-bond acceptors (Lipinski definition) is 5. The van der Waals surface area contributed by atoms with E-state index in [1.54, 1.807) is 12.3 Å². The first kappa shape index (κ1) is 17.0. The van der Waals surface area contributed by atoms with Crippen molar-refractivity contribution >= 4 is 40.0 Å². The number of carbonyl (C=O) groups is 2. The van der Waals surface area contributed by atoms with Gasteiger partial charge in [0.05, 0.1) is 10.5 Å². The van der Waals surface area contributed by atoms with E-state index in [4.69, 9.17) is 4.42 Å². The fourth-order valence-electron chi connectivity index (χ4n) is 2.41. The standard InChI is InChI=1S/C19H8F2N2O3S/c20-14-4-2-10(5-15(14)21)1-3-11-8-22-9-12-6-13(26-17(11)12)7-16-18(24)23-19(25)27-16/h2,4-9H,(H,23,24,25). The van der Waals surface area contributed by atoms with Crippen molar-refractivity contribution in [3.05, 3.63) is 70.1 Å². The van der Waals surface area contributed by atoms with Gasteiger partial charge in [0, 0.05) is 29.4 Å². The zero-order valence-electron chi connectivity index (χ0n) is 13.4. The molecule has 1 aliphatic heterocycles. The highest BCUT2D eigenvalue weighted by Crippen LogP contribution is 2.28. The average Bonchev–Trinajstić information content (AvgIpc) is 3.18. The number of aromatic nitrogens is 1. The molecule has 1 aliphatic rings. The van der Waals surface area contributed by atoms with Gasteiger partial charge in [0.25, 0.3) is 11.1 Å². The first-order valence-electron chi connectivity index (χ1n) is 7.59. The lowest BCUT2D eigenvalue weighted by Crippen LogP contribution is -2.17. The van der Waals surface area contributed by atoms with Crippen molar-refractivity contribution in [3.8, 4) is 11.8 Å². The van der Waals surface area contributed by atoms with E-state index in [2.05, 4.69) is 22.1 Å². The molecule has 27 heavy (non-hydrogen) atoms. The van der Waals surface area contributed by atoms with Crippen molar-refractivity contribution in [2.24, 2.45) is 0 Å². The molecule has 1 aromatic carbocycles. The molecule has 0 spiro atoms. The minimum Gasteiger partial charge on any atom is -0.455 e. The molecule has 3 heterocycles. The monoisotopic (exact) mass is 382 g/mol. The number of nitrogens with zero attached hydrogens (tertiary/aromatic N) is 1. The number of benzene rings is 1. The van der Waals surface area contributed by atoms with E-state index in [-0.39, 0.29) is 4.91 Å². The molecule has 0 bridgehead atoms. The molecule has 0 atom stereocenters. The fraction of sp³-hybridized carbons (Fsp3) is 0. The largest absolute Gasteiger partial charge is 0.455 e. The number of fused-ring (bicyclic) bond motifs is 1. The minimum atomic E-state index is -0.980. The maximum atomic E-state index is 13.3. The molecule has 1 saturated heterocycles. The third kappa shape index (κ3) is 3.45. The summed E-state index contributed by atoms with van der Waals surface area (Å²) in [5.74, 6) is 3.50. The van der Waals surface area contributed by atoms with Crippen molar-refractivity contribution in [1.82, 2.24) is 10.3 Å². The topological polar surface area (TPSA) is 72.2 Å². The number of hydrogen-bond donors (Lipinski definition) is 1. The number of halogens is 2. The summed E-state index contributed by atoms with van der Waals surface area (Å²) in [6.45, 7) is 0. The van der Waals surface area contributed by atoms with Crippen LogP contribution in [0.25, 0.3) is 17.0 Å². The molecule has 132 valence electrons. The molecular formula is C19H8F2N2O3S. The molecule has 1 fully saturated rings. The normalized spacial score (nSPS) is 15.1. The van der Waals surface area contributed by atoms with Gasteiger partial charge in [-0.25, -0.2) is 8.78 Å². The Bertz CT molecular complexity index is 1200. The molecule has 5 nitrogen and oxygen atoms in total. The summed E-state index contributed by atoms with van der Waals surface area (Å²) in [7, 11) is 0. The zero-order valence-corrected chi connectivity index (χ0v) is 14.2. The number of furan rings is 1. The van der Waals surface area contributed by atoms with Crippen LogP contribution >= 0.6 is 11.8 Å². The molecule has 8 heteroatoms. The predicted molar refractivity (Wildman–Crippen MR) is 95.5 cm³/mol. The van der Waals surface area contributed by atoms with Gasteiger partial charge in [0.15, 0.2) is 17.2 Å². The first-order valence-corrected chi connectivity index (χ1v) is 8.41. The maximum Gasteiger partial charge on any atom is 0.290 e. The highest BCUT2D eigenvalue weighted by Gasteiger charge is 2.25. The second-order valence-electron chi connectivity index (χ2n) is 5.49. The molecule has 2 aromatic heterocycles. The van der Waals surface area contributed by atoms with E-state index >= 15 is 0 Å². The number of amides is 2. The minimum absolute atomic E-state index is 0.224. The quantitative estimate of drug-likeness (QED) is 0.512. The van der Waals surface area contributed by atoms with Crippen molar-refractivity contribution in [2.45, 2.75) is 0 Å². The summed E-state index contributed by atoms with van der Waals surface area (Å²) < 4.78 is 32.0. The summed E-state index contributed by atoms with van der Waals surface area (Å²) >= 11 is 0.784. The number of thioether (sulfide) groups is 1. The Kier molecular flexibility index (Phi) is 4.22. The number of pyridine rings is 1. The van der Waals surface area contributed by atoms with E-state index in [9.17, 15) is 18.4 Å². The van der Waals surface area contributed by atoms with Crippen LogP contribution in [0.5, 0.6) is 0 Å². The Morgan fingerprint density at radius 2 is 1.96 bits per heavy atom. The highest BCUT2D eigenvalue weighted by molar-refractivity contribution is 8.18. The molecule has 1 N–H and O–H groups in total. The molecular weight excluding hydrogens is 374 g/mol. The van der Waals surface area contributed by atoms with Crippen LogP contribution in [-0.2, 0) is 4.79 Å². The van der Waals surface area contributed by atoms with Crippen LogP contribution in [0.4, 0.5) is 13.6 Å². The first-order chi connectivity index (χ1) is 13.0. The lowest BCUT2D eigenvalue weighted by molar-refractivity contribution is -0.115. The Morgan fingerprint density at radius 1 is 1.11 bits per heavy atom. The van der Waals surface area contributed by atoms with Gasteiger partial charge in [-0.2, -0.15) is 0 Å². The molecule has 0 unspecified atom stereocenters. The Morgan fingerprint density at radius 3 is 2.70 bits per heavy atom. The van der Waals surface area contributed by atoms with Crippen LogP contribution in [0.3, 0.4) is 0 Å². The third-order valence-electron chi connectivity index (χ3n) is 3.62. The molecule has 0 aliphatic carbocycles. The van der Waals surface area contributed by atoms with Gasteiger partial charge < -0.3 is 4.42 Å². The van der Waals surface area contributed by atoms with Crippen molar-refractivity contribution < 1.29 is 22.8 Å². The average molecular weight is 382 g/mol. The Hall–Kier alpha value is -3.44. The van der Waals surface area contributed by atoms with Crippen molar-refractivity contribution in [1.29, 1.82) is 0 Å². The summed E-state index contributed by atoms with van der Waals surface area (Å²) in [5.41, 5.74) is 1.18. The van der Waals surface area contributed by atoms with Crippen LogP contribution in [0.2, 0.25) is 0 Å². The van der Waals surface area contributed by atoms with Crippen LogP contribution in [0.15, 0.2) is 46.0 Å². The lowest BCUT2D eigenvalue weighted by Gasteiger charge is -1.94. The number of rotatable bonds is 1. The molecule has 4 rings (SSSR count). The smallest absolute Gasteiger partial charge is 0.290 e. The number of carbonyl (C=O) groups excluding carboxylic acids is 2. The third-order valence-corrected chi connectivity index (χ3v) is 4.43. The van der Waals surface area contributed by atoms with Crippen LogP contribution in [0.1, 0.15) is 16.9 Å². The van der Waals surface area contributed by atoms with Crippen LogP contribution in [0, 0.1) is 23.5 Å². The molecule has 0 saturated carbocycles. The summed E-state index contributed by atoms with van der Waals surface area (Å²) in [4.78, 5) is 27.2. The second kappa shape index (κ2) is 6.70. The van der Waals surface area contributed by atoms with Gasteiger partial charge in [0.1, 0.15) is 5.76 Å². The molecule has 2 amide bonds. The number of imide groups is 1.